The van der Waals surface area contributed by atoms with Crippen LogP contribution in [-0.2, 0) is 19.0 Å². The summed E-state index contributed by atoms with van der Waals surface area (Å²) in [4.78, 5) is 10.4. The Morgan fingerprint density at radius 3 is 2.62 bits per heavy atom. The van der Waals surface area contributed by atoms with Gasteiger partial charge < -0.3 is 24.1 Å². The molecule has 13 heavy (non-hydrogen) atoms. The molecule has 4 atom stereocenters. The number of hydrogen-bond acceptors (Lipinski definition) is 5. The number of fused-ring (bicyclic) bond motifs is 1. The maximum atomic E-state index is 10.4. The lowest BCUT2D eigenvalue weighted by Crippen LogP contribution is -2.35. The molecule has 2 heterocycles. The smallest absolute Gasteiger partial charge is 0.190 e. The van der Waals surface area contributed by atoms with Crippen LogP contribution in [0, 0.1) is 0 Å². The Hall–Kier alpha value is -0.490. The number of ether oxygens (including phenoxy) is 3. The summed E-state index contributed by atoms with van der Waals surface area (Å²) >= 11 is 0. The molecule has 5 nitrogen and oxygen atoms in total. The fourth-order valence-electron chi connectivity index (χ4n) is 1.63. The van der Waals surface area contributed by atoms with E-state index < -0.39 is 30.4 Å². The van der Waals surface area contributed by atoms with Crippen LogP contribution in [0.1, 0.15) is 13.8 Å². The maximum Gasteiger partial charge on any atom is 0.190 e. The molecule has 2 aliphatic rings. The number of aliphatic hydroxyl groups is 1. The van der Waals surface area contributed by atoms with E-state index in [9.17, 15) is 9.90 Å². The number of rotatable bonds is 1. The molecule has 0 unspecified atom stereocenters. The zero-order valence-corrected chi connectivity index (χ0v) is 7.47. The van der Waals surface area contributed by atoms with Gasteiger partial charge in [0.25, 0.3) is 0 Å². The first kappa shape index (κ1) is 9.08. The van der Waals surface area contributed by atoms with Crippen molar-refractivity contribution >= 4 is 6.29 Å². The van der Waals surface area contributed by atoms with E-state index in [2.05, 4.69) is 0 Å². The first-order chi connectivity index (χ1) is 6.03. The average molecular weight is 188 g/mol. The highest BCUT2D eigenvalue weighted by atomic mass is 16.8. The van der Waals surface area contributed by atoms with Crippen LogP contribution in [0.15, 0.2) is 0 Å². The third-order valence-corrected chi connectivity index (χ3v) is 2.19. The zero-order valence-electron chi connectivity index (χ0n) is 7.47. The largest absolute Gasteiger partial charge is 0.387 e. The quantitative estimate of drug-likeness (QED) is 0.558. The summed E-state index contributed by atoms with van der Waals surface area (Å²) in [5, 5.41) is 9.53. The molecule has 0 radical (unpaired) electrons. The molecular formula is C8H12O5. The van der Waals surface area contributed by atoms with Gasteiger partial charge in [0, 0.05) is 0 Å². The van der Waals surface area contributed by atoms with E-state index in [1.165, 1.54) is 0 Å². The zero-order chi connectivity index (χ0) is 9.64. The molecule has 0 aromatic rings. The van der Waals surface area contributed by atoms with Crippen molar-refractivity contribution in [1.29, 1.82) is 0 Å². The van der Waals surface area contributed by atoms with Crippen molar-refractivity contribution in [2.45, 2.75) is 44.2 Å². The van der Waals surface area contributed by atoms with Gasteiger partial charge >= 0.3 is 0 Å². The third-order valence-electron chi connectivity index (χ3n) is 2.19. The third kappa shape index (κ3) is 1.38. The van der Waals surface area contributed by atoms with Crippen LogP contribution in [0.4, 0.5) is 0 Å². The number of hydrogen-bond donors (Lipinski definition) is 1. The second-order valence-corrected chi connectivity index (χ2v) is 3.70. The fraction of sp³-hybridized carbons (Fsp3) is 0.875. The molecule has 0 spiro atoms. The summed E-state index contributed by atoms with van der Waals surface area (Å²) in [5.74, 6) is -0.746. The summed E-state index contributed by atoms with van der Waals surface area (Å²) in [6.07, 6.45) is -2.37. The number of aldehydes is 1. The molecule has 0 saturated carbocycles. The van der Waals surface area contributed by atoms with E-state index >= 15 is 0 Å². The fourth-order valence-corrected chi connectivity index (χ4v) is 1.63. The minimum Gasteiger partial charge on any atom is -0.387 e. The van der Waals surface area contributed by atoms with Crippen molar-refractivity contribution in [1.82, 2.24) is 0 Å². The van der Waals surface area contributed by atoms with Gasteiger partial charge in [-0.1, -0.05) is 0 Å². The molecule has 0 aliphatic carbocycles. The number of carbonyl (C=O) groups excluding carboxylic acids is 1. The van der Waals surface area contributed by atoms with Crippen molar-refractivity contribution < 1.29 is 24.1 Å². The molecule has 2 rings (SSSR count). The molecule has 5 heteroatoms. The van der Waals surface area contributed by atoms with Crippen LogP contribution in [0.25, 0.3) is 0 Å². The molecule has 0 bridgehead atoms. The Morgan fingerprint density at radius 1 is 1.38 bits per heavy atom. The Kier molecular flexibility index (Phi) is 1.92. The summed E-state index contributed by atoms with van der Waals surface area (Å²) in [7, 11) is 0. The van der Waals surface area contributed by atoms with Crippen LogP contribution >= 0.6 is 0 Å². The highest BCUT2D eigenvalue weighted by Gasteiger charge is 2.54. The Morgan fingerprint density at radius 2 is 2.08 bits per heavy atom. The predicted octanol–water partition coefficient (Wildman–Crippen LogP) is -0.577. The maximum absolute atomic E-state index is 10.4. The standard InChI is InChI=1S/C8H12O5/c1-8(2)12-6-5(10)4(3-9)11-7(6)13-8/h3-7,10H,1-2H3/t4-,5-,6-,7+/m1/s1. The van der Waals surface area contributed by atoms with Crippen molar-refractivity contribution in [3.8, 4) is 0 Å². The van der Waals surface area contributed by atoms with E-state index in [1.807, 2.05) is 0 Å². The second-order valence-electron chi connectivity index (χ2n) is 3.70. The first-order valence-electron chi connectivity index (χ1n) is 4.18. The van der Waals surface area contributed by atoms with Crippen LogP contribution in [0.2, 0.25) is 0 Å². The molecule has 74 valence electrons. The van der Waals surface area contributed by atoms with Crippen LogP contribution in [-0.4, -0.2) is 41.8 Å². The highest BCUT2D eigenvalue weighted by molar-refractivity contribution is 5.58. The van der Waals surface area contributed by atoms with Crippen molar-refractivity contribution in [3.05, 3.63) is 0 Å². The van der Waals surface area contributed by atoms with Crippen LogP contribution < -0.4 is 0 Å². The highest BCUT2D eigenvalue weighted by Crippen LogP contribution is 2.36. The summed E-state index contributed by atoms with van der Waals surface area (Å²) < 4.78 is 15.8. The lowest BCUT2D eigenvalue weighted by Gasteiger charge is -2.20. The first-order valence-corrected chi connectivity index (χ1v) is 4.18. The van der Waals surface area contributed by atoms with Gasteiger partial charge in [0.15, 0.2) is 18.4 Å². The van der Waals surface area contributed by atoms with E-state index in [4.69, 9.17) is 14.2 Å². The van der Waals surface area contributed by atoms with Gasteiger partial charge in [-0.2, -0.15) is 0 Å². The lowest BCUT2D eigenvalue weighted by molar-refractivity contribution is -0.212. The molecule has 0 amide bonds. The topological polar surface area (TPSA) is 65.0 Å². The summed E-state index contributed by atoms with van der Waals surface area (Å²) in [6.45, 7) is 3.47. The molecule has 0 aromatic heterocycles. The van der Waals surface area contributed by atoms with Gasteiger partial charge in [-0.05, 0) is 13.8 Å². The lowest BCUT2D eigenvalue weighted by atomic mass is 10.1. The molecular weight excluding hydrogens is 176 g/mol. The van der Waals surface area contributed by atoms with Gasteiger partial charge in [-0.25, -0.2) is 0 Å². The van der Waals surface area contributed by atoms with E-state index in [1.54, 1.807) is 13.8 Å². The van der Waals surface area contributed by atoms with Crippen molar-refractivity contribution in [2.75, 3.05) is 0 Å². The van der Waals surface area contributed by atoms with E-state index in [0.29, 0.717) is 6.29 Å². The van der Waals surface area contributed by atoms with Gasteiger partial charge in [0.05, 0.1) is 0 Å². The number of carbonyl (C=O) groups is 1. The molecule has 2 fully saturated rings. The Labute approximate surface area is 75.6 Å². The van der Waals surface area contributed by atoms with Gasteiger partial charge in [0.2, 0.25) is 0 Å². The van der Waals surface area contributed by atoms with Crippen LogP contribution in [0.5, 0.6) is 0 Å². The summed E-state index contributed by atoms with van der Waals surface area (Å²) in [6, 6.07) is 0. The SMILES string of the molecule is CC1(C)O[C@@H]2O[C@H](C=O)[C@@H](O)[C@H]2O1. The Bertz CT molecular complexity index is 227. The molecule has 1 N–H and O–H groups in total. The minimum absolute atomic E-state index is 0.551. The summed E-state index contributed by atoms with van der Waals surface area (Å²) in [5.41, 5.74) is 0. The van der Waals surface area contributed by atoms with E-state index in [-0.39, 0.29) is 0 Å². The van der Waals surface area contributed by atoms with Gasteiger partial charge in [-0.3, -0.25) is 0 Å². The minimum atomic E-state index is -0.927. The van der Waals surface area contributed by atoms with Crippen LogP contribution in [0.3, 0.4) is 0 Å². The Balaban J connectivity index is 2.11. The molecule has 2 saturated heterocycles. The van der Waals surface area contributed by atoms with E-state index in [0.717, 1.165) is 0 Å². The molecule has 2 aliphatic heterocycles. The molecule has 0 aromatic carbocycles. The normalized spacial score (nSPS) is 47.6. The monoisotopic (exact) mass is 188 g/mol. The van der Waals surface area contributed by atoms with Crippen molar-refractivity contribution in [3.63, 3.8) is 0 Å². The average Bonchev–Trinajstić information content (AvgIpc) is 2.47. The number of aliphatic hydroxyl groups excluding tert-OH is 1. The van der Waals surface area contributed by atoms with Crippen molar-refractivity contribution in [2.24, 2.45) is 0 Å². The predicted molar refractivity (Wildman–Crippen MR) is 40.8 cm³/mol. The second kappa shape index (κ2) is 2.75. The van der Waals surface area contributed by atoms with Gasteiger partial charge in [-0.15, -0.1) is 0 Å². The van der Waals surface area contributed by atoms with Gasteiger partial charge in [0.1, 0.15) is 18.3 Å².